The van der Waals surface area contributed by atoms with Gasteiger partial charge in [0.1, 0.15) is 6.61 Å². The summed E-state index contributed by atoms with van der Waals surface area (Å²) in [5, 5.41) is 5.96. The Morgan fingerprint density at radius 2 is 1.52 bits per heavy atom. The molecule has 182 valence electrons. The molecule has 0 aliphatic rings. The van der Waals surface area contributed by atoms with Crippen LogP contribution in [0.5, 0.6) is 0 Å². The Kier molecular flexibility index (Phi) is 18.7. The van der Waals surface area contributed by atoms with Gasteiger partial charge < -0.3 is 43.2 Å². The number of nitrogens with one attached hydrogen (secondary N) is 2. The minimum absolute atomic E-state index is 0.0167. The lowest BCUT2D eigenvalue weighted by Gasteiger charge is -2.24. The molecule has 0 aromatic heterocycles. The lowest BCUT2D eigenvalue weighted by molar-refractivity contribution is -0.135. The van der Waals surface area contributed by atoms with Crippen molar-refractivity contribution in [2.45, 2.75) is 57.4 Å². The van der Waals surface area contributed by atoms with E-state index in [0.29, 0.717) is 32.6 Å². The second kappa shape index (κ2) is 20.0. The third-order valence-electron chi connectivity index (χ3n) is 4.70. The zero-order valence-corrected chi connectivity index (χ0v) is 18.8. The number of unbranched alkanes of at least 4 members (excludes halogenated alkanes) is 4. The maximum absolute atomic E-state index is 12.6. The monoisotopic (exact) mass is 445 g/mol. The largest absolute Gasteiger partial charge is 0.448 e. The first-order chi connectivity index (χ1) is 14.9. The maximum Gasteiger partial charge on any atom is 0.404 e. The van der Waals surface area contributed by atoms with E-state index >= 15 is 0 Å². The second-order valence-corrected chi connectivity index (χ2v) is 7.52. The quantitative estimate of drug-likeness (QED) is 0.128. The van der Waals surface area contributed by atoms with Gasteiger partial charge in [-0.3, -0.25) is 9.59 Å². The minimum Gasteiger partial charge on any atom is -0.448 e. The summed E-state index contributed by atoms with van der Waals surface area (Å²) in [6, 6.07) is -0.381. The molecule has 0 unspecified atom stereocenters. The molecule has 11 heteroatoms. The number of ether oxygens (including phenoxy) is 1. The Morgan fingerprint density at radius 3 is 2.16 bits per heavy atom. The van der Waals surface area contributed by atoms with Crippen molar-refractivity contribution < 1.29 is 19.1 Å². The molecule has 0 fully saturated rings. The smallest absolute Gasteiger partial charge is 0.404 e. The number of rotatable bonds is 20. The average molecular weight is 446 g/mol. The SMILES string of the molecule is NCCCCCNCC(=O)N(CCCCN)CC(=O)N[C@@H](CCCCN)COC(N)=O. The predicted molar refractivity (Wildman–Crippen MR) is 121 cm³/mol. The third kappa shape index (κ3) is 17.4. The Labute approximate surface area is 185 Å². The van der Waals surface area contributed by atoms with Gasteiger partial charge in [-0.25, -0.2) is 4.79 Å². The number of carbonyl (C=O) groups excluding carboxylic acids is 3. The van der Waals surface area contributed by atoms with Gasteiger partial charge in [0.05, 0.1) is 19.1 Å². The van der Waals surface area contributed by atoms with E-state index in [-0.39, 0.29) is 37.6 Å². The fraction of sp³-hybridized carbons (Fsp3) is 0.850. The van der Waals surface area contributed by atoms with Crippen molar-refractivity contribution >= 4 is 17.9 Å². The molecule has 0 saturated heterocycles. The van der Waals surface area contributed by atoms with Crippen LogP contribution in [-0.4, -0.2) is 81.3 Å². The van der Waals surface area contributed by atoms with Crippen molar-refractivity contribution in [1.82, 2.24) is 15.5 Å². The molecule has 1 atom stereocenters. The van der Waals surface area contributed by atoms with Gasteiger partial charge in [-0.1, -0.05) is 12.8 Å². The van der Waals surface area contributed by atoms with E-state index in [2.05, 4.69) is 10.6 Å². The average Bonchev–Trinajstić information content (AvgIpc) is 2.73. The molecule has 0 aliphatic heterocycles. The highest BCUT2D eigenvalue weighted by molar-refractivity contribution is 5.85. The van der Waals surface area contributed by atoms with Crippen LogP contribution >= 0.6 is 0 Å². The highest BCUT2D eigenvalue weighted by atomic mass is 16.5. The van der Waals surface area contributed by atoms with Crippen LogP contribution in [0.2, 0.25) is 0 Å². The van der Waals surface area contributed by atoms with E-state index in [1.807, 2.05) is 0 Å². The summed E-state index contributed by atoms with van der Waals surface area (Å²) >= 11 is 0. The molecule has 3 amide bonds. The number of nitrogens with zero attached hydrogens (tertiary/aromatic N) is 1. The summed E-state index contributed by atoms with van der Waals surface area (Å²) in [5.74, 6) is -0.450. The van der Waals surface area contributed by atoms with E-state index < -0.39 is 6.09 Å². The fourth-order valence-electron chi connectivity index (χ4n) is 2.98. The van der Waals surface area contributed by atoms with Crippen LogP contribution in [-0.2, 0) is 14.3 Å². The molecule has 0 aromatic rings. The zero-order chi connectivity index (χ0) is 23.3. The number of primary amides is 1. The molecule has 0 aromatic carbocycles. The first-order valence-electron chi connectivity index (χ1n) is 11.2. The Hall–Kier alpha value is -1.95. The van der Waals surface area contributed by atoms with Crippen molar-refractivity contribution in [3.05, 3.63) is 0 Å². The standard InChI is InChI=1S/C20H43N7O4/c21-9-3-1-6-12-25-14-19(29)27(13-7-5-11-23)15-18(28)26-17(8-2-4-10-22)16-31-20(24)30/h17,25H,1-16,21-23H2,(H2,24,30)(H,26,28)/t17-/m0/s1. The van der Waals surface area contributed by atoms with Crippen molar-refractivity contribution in [2.24, 2.45) is 22.9 Å². The second-order valence-electron chi connectivity index (χ2n) is 7.52. The summed E-state index contributed by atoms with van der Waals surface area (Å²) in [6.07, 6.45) is 5.69. The van der Waals surface area contributed by atoms with Crippen molar-refractivity contribution in [3.8, 4) is 0 Å². The molecule has 0 bridgehead atoms. The molecule has 0 radical (unpaired) electrons. The molecule has 0 aliphatic carbocycles. The van der Waals surface area contributed by atoms with Crippen LogP contribution in [0.3, 0.4) is 0 Å². The maximum atomic E-state index is 12.6. The van der Waals surface area contributed by atoms with Gasteiger partial charge in [0, 0.05) is 6.54 Å². The van der Waals surface area contributed by atoms with Crippen molar-refractivity contribution in [2.75, 3.05) is 52.4 Å². The van der Waals surface area contributed by atoms with E-state index in [0.717, 1.165) is 51.5 Å². The van der Waals surface area contributed by atoms with Crippen LogP contribution < -0.4 is 33.6 Å². The number of carbonyl (C=O) groups is 3. The molecule has 10 N–H and O–H groups in total. The van der Waals surface area contributed by atoms with Crippen LogP contribution in [0.15, 0.2) is 0 Å². The minimum atomic E-state index is -0.894. The summed E-state index contributed by atoms with van der Waals surface area (Å²) in [4.78, 5) is 37.6. The lowest BCUT2D eigenvalue weighted by atomic mass is 10.1. The Balaban J connectivity index is 4.67. The molecular weight excluding hydrogens is 402 g/mol. The summed E-state index contributed by atoms with van der Waals surface area (Å²) in [5.41, 5.74) is 21.6. The van der Waals surface area contributed by atoms with Gasteiger partial charge in [0.25, 0.3) is 0 Å². The predicted octanol–water partition coefficient (Wildman–Crippen LogP) is -1.02. The number of hydrogen-bond donors (Lipinski definition) is 6. The van der Waals surface area contributed by atoms with Crippen molar-refractivity contribution in [3.63, 3.8) is 0 Å². The first kappa shape index (κ1) is 29.1. The molecule has 31 heavy (non-hydrogen) atoms. The number of amides is 3. The zero-order valence-electron chi connectivity index (χ0n) is 18.8. The van der Waals surface area contributed by atoms with Gasteiger partial charge in [-0.05, 0) is 64.7 Å². The summed E-state index contributed by atoms with van der Waals surface area (Å²) in [7, 11) is 0. The summed E-state index contributed by atoms with van der Waals surface area (Å²) < 4.78 is 4.84. The molecule has 0 spiro atoms. The molecular formula is C20H43N7O4. The van der Waals surface area contributed by atoms with Gasteiger partial charge in [-0.15, -0.1) is 0 Å². The topological polar surface area (TPSA) is 192 Å². The van der Waals surface area contributed by atoms with E-state index in [4.69, 9.17) is 27.7 Å². The van der Waals surface area contributed by atoms with Crippen LogP contribution in [0.25, 0.3) is 0 Å². The highest BCUT2D eigenvalue weighted by Gasteiger charge is 2.19. The third-order valence-corrected chi connectivity index (χ3v) is 4.70. The van der Waals surface area contributed by atoms with Crippen LogP contribution in [0.4, 0.5) is 4.79 Å². The van der Waals surface area contributed by atoms with E-state index in [1.165, 1.54) is 4.90 Å². The fourth-order valence-corrected chi connectivity index (χ4v) is 2.98. The van der Waals surface area contributed by atoms with Crippen LogP contribution in [0.1, 0.15) is 51.4 Å². The highest BCUT2D eigenvalue weighted by Crippen LogP contribution is 2.03. The lowest BCUT2D eigenvalue weighted by Crippen LogP contribution is -2.48. The van der Waals surface area contributed by atoms with E-state index in [9.17, 15) is 14.4 Å². The number of hydrogen-bond acceptors (Lipinski definition) is 8. The van der Waals surface area contributed by atoms with Gasteiger partial charge >= 0.3 is 6.09 Å². The summed E-state index contributed by atoms with van der Waals surface area (Å²) in [6.45, 7) is 3.00. The van der Waals surface area contributed by atoms with Gasteiger partial charge in [0.15, 0.2) is 0 Å². The first-order valence-corrected chi connectivity index (χ1v) is 11.2. The molecule has 0 saturated carbocycles. The van der Waals surface area contributed by atoms with E-state index in [1.54, 1.807) is 0 Å². The Bertz CT molecular complexity index is 494. The Morgan fingerprint density at radius 1 is 0.871 bits per heavy atom. The normalized spacial score (nSPS) is 11.7. The number of nitrogens with two attached hydrogens (primary N) is 4. The molecule has 0 rings (SSSR count). The van der Waals surface area contributed by atoms with Gasteiger partial charge in [0.2, 0.25) is 11.8 Å². The van der Waals surface area contributed by atoms with Gasteiger partial charge in [-0.2, -0.15) is 0 Å². The molecule has 11 nitrogen and oxygen atoms in total. The van der Waals surface area contributed by atoms with Crippen LogP contribution in [0, 0.1) is 0 Å². The molecule has 0 heterocycles. The van der Waals surface area contributed by atoms with Crippen molar-refractivity contribution in [1.29, 1.82) is 0 Å².